The molecule has 0 aliphatic carbocycles. The molecule has 0 amide bonds. The molecule has 1 unspecified atom stereocenters. The fourth-order valence-corrected chi connectivity index (χ4v) is 3.77. The molecule has 2 aromatic carbocycles. The zero-order chi connectivity index (χ0) is 20.7. The van der Waals surface area contributed by atoms with Crippen molar-refractivity contribution in [3.63, 3.8) is 0 Å². The van der Waals surface area contributed by atoms with Gasteiger partial charge in [-0.3, -0.25) is 20.4 Å². The molecule has 3 rings (SSSR count). The largest absolute Gasteiger partial charge is 0.428 e. The molecule has 0 spiro atoms. The summed E-state index contributed by atoms with van der Waals surface area (Å²) >= 11 is 14.9. The molecule has 1 heterocycles. The lowest BCUT2D eigenvalue weighted by atomic mass is 9.91. The van der Waals surface area contributed by atoms with E-state index in [-0.39, 0.29) is 37.9 Å². The molecule has 2 aromatic rings. The van der Waals surface area contributed by atoms with Crippen LogP contribution in [0.2, 0.25) is 10.0 Å². The number of alkyl halides is 4. The summed E-state index contributed by atoms with van der Waals surface area (Å²) in [5.74, 6) is 0. The topological polar surface area (TPSA) is 64.4 Å². The first-order chi connectivity index (χ1) is 13.1. The van der Waals surface area contributed by atoms with Crippen LogP contribution in [0.3, 0.4) is 0 Å². The van der Waals surface area contributed by atoms with E-state index < -0.39 is 16.7 Å². The highest BCUT2D eigenvalue weighted by molar-refractivity contribution is 9.08. The van der Waals surface area contributed by atoms with Crippen molar-refractivity contribution in [1.29, 1.82) is 0 Å². The second-order valence-corrected chi connectivity index (χ2v) is 7.32. The van der Waals surface area contributed by atoms with Gasteiger partial charge in [-0.15, -0.1) is 0 Å². The third-order valence-corrected chi connectivity index (χ3v) is 5.16. The van der Waals surface area contributed by atoms with Crippen molar-refractivity contribution in [3.05, 3.63) is 79.3 Å². The maximum absolute atomic E-state index is 14.0. The normalized spacial score (nSPS) is 19.3. The van der Waals surface area contributed by atoms with E-state index in [4.69, 9.17) is 28.0 Å². The number of hydroxylamine groups is 1. The van der Waals surface area contributed by atoms with Gasteiger partial charge in [0.05, 0.1) is 10.6 Å². The van der Waals surface area contributed by atoms with E-state index in [1.807, 2.05) is 0 Å². The molecule has 5 nitrogen and oxygen atoms in total. The van der Waals surface area contributed by atoms with Gasteiger partial charge in [-0.05, 0) is 24.3 Å². The van der Waals surface area contributed by atoms with Crippen LogP contribution in [0.1, 0.15) is 16.7 Å². The fraction of sp³-hybridized carbons (Fsp3) is 0.176. The lowest BCUT2D eigenvalue weighted by molar-refractivity contribution is -0.385. The van der Waals surface area contributed by atoms with Crippen LogP contribution in [0.25, 0.3) is 5.70 Å². The number of nitrogens with zero attached hydrogens (tertiary/aromatic N) is 1. The van der Waals surface area contributed by atoms with E-state index >= 15 is 0 Å². The van der Waals surface area contributed by atoms with Gasteiger partial charge < -0.3 is 0 Å². The third kappa shape index (κ3) is 3.71. The Morgan fingerprint density at radius 2 is 1.82 bits per heavy atom. The Morgan fingerprint density at radius 1 is 1.18 bits per heavy atom. The summed E-state index contributed by atoms with van der Waals surface area (Å²) in [6.07, 6.45) is -4.06. The zero-order valence-electron chi connectivity index (χ0n) is 13.7. The first-order valence-electron chi connectivity index (χ1n) is 7.61. The SMILES string of the molecule is O=[N+]([O-])c1cc(C2=CC(c3cc(Cl)cc(Cl)c3)(C(F)(F)F)ON2)ccc1CBr. The lowest BCUT2D eigenvalue weighted by Gasteiger charge is -2.28. The lowest BCUT2D eigenvalue weighted by Crippen LogP contribution is -2.42. The average Bonchev–Trinajstić information content (AvgIpc) is 3.07. The second-order valence-electron chi connectivity index (χ2n) is 5.89. The smallest absolute Gasteiger partial charge is 0.265 e. The predicted molar refractivity (Wildman–Crippen MR) is 102 cm³/mol. The van der Waals surface area contributed by atoms with E-state index in [9.17, 15) is 23.3 Å². The summed E-state index contributed by atoms with van der Waals surface area (Å²) in [6.45, 7) is 0. The van der Waals surface area contributed by atoms with Gasteiger partial charge in [0, 0.05) is 38.1 Å². The molecule has 0 aromatic heterocycles. The summed E-state index contributed by atoms with van der Waals surface area (Å²) < 4.78 is 41.9. The van der Waals surface area contributed by atoms with Crippen LogP contribution in [-0.4, -0.2) is 11.1 Å². The van der Waals surface area contributed by atoms with Gasteiger partial charge in [0.1, 0.15) is 0 Å². The van der Waals surface area contributed by atoms with E-state index in [2.05, 4.69) is 21.4 Å². The average molecular weight is 498 g/mol. The molecular formula is C17H10BrCl2F3N2O3. The second kappa shape index (κ2) is 7.55. The van der Waals surface area contributed by atoms with Gasteiger partial charge >= 0.3 is 6.18 Å². The molecule has 28 heavy (non-hydrogen) atoms. The van der Waals surface area contributed by atoms with Crippen LogP contribution in [0.4, 0.5) is 18.9 Å². The molecule has 0 bridgehead atoms. The number of rotatable bonds is 4. The Hall–Kier alpha value is -1.81. The van der Waals surface area contributed by atoms with Crippen LogP contribution >= 0.6 is 39.1 Å². The summed E-state index contributed by atoms with van der Waals surface area (Å²) in [6, 6.07) is 7.58. The number of nitrogens with one attached hydrogen (secondary N) is 1. The van der Waals surface area contributed by atoms with Gasteiger partial charge in [0.15, 0.2) is 0 Å². The highest BCUT2D eigenvalue weighted by Gasteiger charge is 2.59. The van der Waals surface area contributed by atoms with Gasteiger partial charge in [-0.25, -0.2) is 0 Å². The van der Waals surface area contributed by atoms with Crippen LogP contribution in [0.15, 0.2) is 42.5 Å². The molecule has 0 saturated heterocycles. The minimum atomic E-state index is -4.86. The standard InChI is InChI=1S/C17H10BrCl2F3N2O3/c18-8-10-2-1-9(3-15(10)25(26)27)14-7-16(28-24-14,17(21,22)23)11-4-12(19)6-13(20)5-11/h1-7,24H,8H2. The van der Waals surface area contributed by atoms with Crippen molar-refractivity contribution >= 4 is 50.5 Å². The Morgan fingerprint density at radius 3 is 2.36 bits per heavy atom. The molecule has 0 fully saturated rings. The number of hydrogen-bond donors (Lipinski definition) is 1. The van der Waals surface area contributed by atoms with Crippen molar-refractivity contribution < 1.29 is 22.9 Å². The molecule has 1 aliphatic heterocycles. The Labute approximate surface area is 175 Å². The first kappa shape index (κ1) is 20.9. The fourth-order valence-electron chi connectivity index (χ4n) is 2.77. The van der Waals surface area contributed by atoms with Crippen LogP contribution in [-0.2, 0) is 15.8 Å². The zero-order valence-corrected chi connectivity index (χ0v) is 16.8. The van der Waals surface area contributed by atoms with E-state index in [1.165, 1.54) is 24.3 Å². The van der Waals surface area contributed by atoms with Crippen molar-refractivity contribution in [2.24, 2.45) is 0 Å². The van der Waals surface area contributed by atoms with Crippen molar-refractivity contribution in [2.45, 2.75) is 17.1 Å². The van der Waals surface area contributed by atoms with E-state index in [1.54, 1.807) is 0 Å². The molecule has 1 N–H and O–H groups in total. The molecule has 11 heteroatoms. The number of nitro benzene ring substituents is 1. The first-order valence-corrected chi connectivity index (χ1v) is 9.49. The quantitative estimate of drug-likeness (QED) is 0.313. The Kier molecular flexibility index (Phi) is 5.64. The highest BCUT2D eigenvalue weighted by atomic mass is 79.9. The minimum absolute atomic E-state index is 0.00823. The molecule has 1 aliphatic rings. The van der Waals surface area contributed by atoms with Gasteiger partial charge in [-0.1, -0.05) is 51.3 Å². The predicted octanol–water partition coefficient (Wildman–Crippen LogP) is 6.13. The Balaban J connectivity index is 2.15. The van der Waals surface area contributed by atoms with E-state index in [0.29, 0.717) is 5.56 Å². The van der Waals surface area contributed by atoms with Gasteiger partial charge in [0.25, 0.3) is 5.69 Å². The molecule has 0 radical (unpaired) electrons. The van der Waals surface area contributed by atoms with Crippen molar-refractivity contribution in [3.8, 4) is 0 Å². The monoisotopic (exact) mass is 496 g/mol. The van der Waals surface area contributed by atoms with Gasteiger partial charge in [-0.2, -0.15) is 13.2 Å². The maximum Gasteiger partial charge on any atom is 0.428 e. The molecular weight excluding hydrogens is 488 g/mol. The van der Waals surface area contributed by atoms with Gasteiger partial charge in [0.2, 0.25) is 5.60 Å². The maximum atomic E-state index is 14.0. The summed E-state index contributed by atoms with van der Waals surface area (Å²) in [7, 11) is 0. The number of halogens is 6. The minimum Gasteiger partial charge on any atom is -0.265 e. The van der Waals surface area contributed by atoms with Crippen LogP contribution < -0.4 is 5.48 Å². The summed E-state index contributed by atoms with van der Waals surface area (Å²) in [5, 5.41) is 11.5. The summed E-state index contributed by atoms with van der Waals surface area (Å²) in [5.41, 5.74) is -0.709. The summed E-state index contributed by atoms with van der Waals surface area (Å²) in [4.78, 5) is 15.6. The van der Waals surface area contributed by atoms with Crippen LogP contribution in [0, 0.1) is 10.1 Å². The number of benzene rings is 2. The Bertz CT molecular complexity index is 964. The number of nitro groups is 1. The molecule has 0 saturated carbocycles. The molecule has 1 atom stereocenters. The van der Waals surface area contributed by atoms with Crippen LogP contribution in [0.5, 0.6) is 0 Å². The highest BCUT2D eigenvalue weighted by Crippen LogP contribution is 2.48. The third-order valence-electron chi connectivity index (χ3n) is 4.12. The number of hydrogen-bond acceptors (Lipinski definition) is 4. The van der Waals surface area contributed by atoms with Crippen molar-refractivity contribution in [2.75, 3.05) is 0 Å². The molecule has 148 valence electrons. The van der Waals surface area contributed by atoms with E-state index in [0.717, 1.165) is 18.2 Å². The van der Waals surface area contributed by atoms with Crippen molar-refractivity contribution in [1.82, 2.24) is 5.48 Å².